The fraction of sp³-hybridized carbons (Fsp3) is 0. The van der Waals surface area contributed by atoms with Crippen LogP contribution >= 0.6 is 22.7 Å². The standard InChI is InChI=1S/C58H37NS2/c1-2-11-41-34-44(23-22-38(41)10-1)39-24-29-47(30-25-39)59(48-31-26-40(27-32-48)45-28-33-57-54(37-45)52-17-4-5-20-55(52)60-57)49-15-8-13-43(36-49)42-12-7-14-46(35-42)50-18-9-19-53-51-16-3-6-21-56(51)61-58(50)53/h1-37H. The van der Waals surface area contributed by atoms with Crippen LogP contribution in [0.5, 0.6) is 0 Å². The molecule has 0 radical (unpaired) electrons. The predicted octanol–water partition coefficient (Wildman–Crippen LogP) is 17.7. The van der Waals surface area contributed by atoms with Crippen molar-refractivity contribution in [2.45, 2.75) is 0 Å². The first-order chi connectivity index (χ1) is 30.2. The molecule has 1 nitrogen and oxygen atoms in total. The van der Waals surface area contributed by atoms with Crippen LogP contribution in [-0.2, 0) is 0 Å². The SMILES string of the molecule is c1cc(-c2cccc(N(c3ccc(-c4ccc5ccccc5c4)cc3)c3ccc(-c4ccc5sc6ccccc6c5c4)cc3)c2)cc(-c2cccc3c2sc2ccccc23)c1. The molecule has 0 N–H and O–H groups in total. The summed E-state index contributed by atoms with van der Waals surface area (Å²) in [6.07, 6.45) is 0. The highest BCUT2D eigenvalue weighted by molar-refractivity contribution is 7.26. The molecular formula is C58H37NS2. The van der Waals surface area contributed by atoms with Crippen LogP contribution in [0.2, 0.25) is 0 Å². The van der Waals surface area contributed by atoms with Gasteiger partial charge in [-0.1, -0.05) is 152 Å². The third kappa shape index (κ3) is 6.38. The minimum absolute atomic E-state index is 1.10. The Morgan fingerprint density at radius 1 is 0.262 bits per heavy atom. The van der Waals surface area contributed by atoms with Crippen molar-refractivity contribution in [1.29, 1.82) is 0 Å². The molecule has 0 aliphatic heterocycles. The summed E-state index contributed by atoms with van der Waals surface area (Å²) in [5.74, 6) is 0. The Hall–Kier alpha value is -7.30. The van der Waals surface area contributed by atoms with Gasteiger partial charge in [0.05, 0.1) is 0 Å². The third-order valence-corrected chi connectivity index (χ3v) is 14.4. The third-order valence-electron chi connectivity index (χ3n) is 12.1. The molecule has 12 rings (SSSR count). The maximum absolute atomic E-state index is 2.38. The molecule has 2 heterocycles. The van der Waals surface area contributed by atoms with Crippen molar-refractivity contribution in [3.05, 3.63) is 224 Å². The van der Waals surface area contributed by atoms with Crippen LogP contribution in [-0.4, -0.2) is 0 Å². The molecule has 0 spiro atoms. The zero-order valence-electron chi connectivity index (χ0n) is 33.1. The fourth-order valence-corrected chi connectivity index (χ4v) is 11.3. The lowest BCUT2D eigenvalue weighted by molar-refractivity contribution is 1.28. The van der Waals surface area contributed by atoms with Crippen LogP contribution in [0.25, 0.3) is 95.6 Å². The molecule has 3 heteroatoms. The van der Waals surface area contributed by atoms with Crippen LogP contribution in [0.4, 0.5) is 17.1 Å². The summed E-state index contributed by atoms with van der Waals surface area (Å²) >= 11 is 3.74. The first kappa shape index (κ1) is 35.6. The second-order valence-corrected chi connectivity index (χ2v) is 17.8. The van der Waals surface area contributed by atoms with E-state index in [-0.39, 0.29) is 0 Å². The fourth-order valence-electron chi connectivity index (χ4n) is 8.99. The van der Waals surface area contributed by atoms with Crippen molar-refractivity contribution in [2.75, 3.05) is 4.90 Å². The normalized spacial score (nSPS) is 11.6. The van der Waals surface area contributed by atoms with E-state index in [1.807, 2.05) is 22.7 Å². The lowest BCUT2D eigenvalue weighted by atomic mass is 9.97. The van der Waals surface area contributed by atoms with Crippen LogP contribution in [0, 0.1) is 0 Å². The number of hydrogen-bond donors (Lipinski definition) is 0. The Morgan fingerprint density at radius 3 is 1.56 bits per heavy atom. The lowest BCUT2D eigenvalue weighted by Gasteiger charge is -2.26. The maximum atomic E-state index is 2.38. The van der Waals surface area contributed by atoms with Crippen molar-refractivity contribution < 1.29 is 0 Å². The molecule has 286 valence electrons. The highest BCUT2D eigenvalue weighted by Gasteiger charge is 2.16. The molecule has 0 saturated heterocycles. The number of benzene rings is 10. The van der Waals surface area contributed by atoms with Crippen LogP contribution in [0.15, 0.2) is 224 Å². The van der Waals surface area contributed by atoms with Crippen LogP contribution in [0.1, 0.15) is 0 Å². The number of nitrogens with zero attached hydrogens (tertiary/aromatic N) is 1. The highest BCUT2D eigenvalue weighted by Crippen LogP contribution is 2.43. The maximum Gasteiger partial charge on any atom is 0.0467 e. The van der Waals surface area contributed by atoms with Crippen molar-refractivity contribution in [1.82, 2.24) is 0 Å². The summed E-state index contributed by atoms with van der Waals surface area (Å²) in [7, 11) is 0. The first-order valence-corrected chi connectivity index (χ1v) is 22.4. The summed E-state index contributed by atoms with van der Waals surface area (Å²) in [5, 5.41) is 7.78. The predicted molar refractivity (Wildman–Crippen MR) is 266 cm³/mol. The second-order valence-electron chi connectivity index (χ2n) is 15.7. The molecular weight excluding hydrogens is 775 g/mol. The van der Waals surface area contributed by atoms with Crippen molar-refractivity contribution in [3.8, 4) is 44.5 Å². The van der Waals surface area contributed by atoms with Gasteiger partial charge < -0.3 is 4.90 Å². The molecule has 0 atom stereocenters. The van der Waals surface area contributed by atoms with E-state index in [1.54, 1.807) is 0 Å². The van der Waals surface area contributed by atoms with E-state index in [9.17, 15) is 0 Å². The quantitative estimate of drug-likeness (QED) is 0.155. The molecule has 0 aliphatic rings. The van der Waals surface area contributed by atoms with Crippen LogP contribution < -0.4 is 4.90 Å². The Bertz CT molecular complexity index is 3590. The van der Waals surface area contributed by atoms with Crippen molar-refractivity contribution >= 4 is 90.9 Å². The zero-order chi connectivity index (χ0) is 40.3. The number of thiophene rings is 2. The molecule has 61 heavy (non-hydrogen) atoms. The topological polar surface area (TPSA) is 3.24 Å². The number of rotatable bonds is 7. The number of hydrogen-bond acceptors (Lipinski definition) is 3. The smallest absolute Gasteiger partial charge is 0.0467 e. The molecule has 0 fully saturated rings. The van der Waals surface area contributed by atoms with Gasteiger partial charge in [-0.2, -0.15) is 0 Å². The number of anilines is 3. The van der Waals surface area contributed by atoms with Gasteiger partial charge in [-0.15, -0.1) is 22.7 Å². The van der Waals surface area contributed by atoms with E-state index in [4.69, 9.17) is 0 Å². The zero-order valence-corrected chi connectivity index (χ0v) is 34.8. The molecule has 0 aliphatic carbocycles. The molecule has 12 aromatic rings. The van der Waals surface area contributed by atoms with Crippen molar-refractivity contribution in [2.24, 2.45) is 0 Å². The van der Waals surface area contributed by atoms with Crippen molar-refractivity contribution in [3.63, 3.8) is 0 Å². The van der Waals surface area contributed by atoms with E-state index in [1.165, 1.54) is 95.6 Å². The van der Waals surface area contributed by atoms with Gasteiger partial charge in [-0.3, -0.25) is 0 Å². The van der Waals surface area contributed by atoms with Crippen LogP contribution in [0.3, 0.4) is 0 Å². The van der Waals surface area contributed by atoms with Gasteiger partial charge in [0.1, 0.15) is 0 Å². The first-order valence-electron chi connectivity index (χ1n) is 20.7. The minimum Gasteiger partial charge on any atom is -0.310 e. The monoisotopic (exact) mass is 811 g/mol. The Balaban J connectivity index is 0.937. The Labute approximate surface area is 362 Å². The van der Waals surface area contributed by atoms with Gasteiger partial charge in [0.25, 0.3) is 0 Å². The summed E-state index contributed by atoms with van der Waals surface area (Å²) in [6, 6.07) is 82.4. The molecule has 0 amide bonds. The summed E-state index contributed by atoms with van der Waals surface area (Å²) in [6.45, 7) is 0. The van der Waals surface area contributed by atoms with Gasteiger partial charge in [-0.05, 0) is 128 Å². The van der Waals surface area contributed by atoms with Gasteiger partial charge in [0.2, 0.25) is 0 Å². The van der Waals surface area contributed by atoms with E-state index in [0.29, 0.717) is 0 Å². The van der Waals surface area contributed by atoms with Gasteiger partial charge >= 0.3 is 0 Å². The summed E-state index contributed by atoms with van der Waals surface area (Å²) in [4.78, 5) is 2.38. The van der Waals surface area contributed by atoms with E-state index in [2.05, 4.69) is 229 Å². The van der Waals surface area contributed by atoms with Gasteiger partial charge in [-0.25, -0.2) is 0 Å². The van der Waals surface area contributed by atoms with E-state index >= 15 is 0 Å². The summed E-state index contributed by atoms with van der Waals surface area (Å²) in [5.41, 5.74) is 13.0. The average molecular weight is 812 g/mol. The minimum atomic E-state index is 1.10. The largest absolute Gasteiger partial charge is 0.310 e. The molecule has 2 aromatic heterocycles. The average Bonchev–Trinajstić information content (AvgIpc) is 3.90. The Kier molecular flexibility index (Phi) is 8.62. The molecule has 10 aromatic carbocycles. The van der Waals surface area contributed by atoms with Gasteiger partial charge in [0, 0.05) is 57.4 Å². The molecule has 0 bridgehead atoms. The van der Waals surface area contributed by atoms with E-state index in [0.717, 1.165) is 17.1 Å². The van der Waals surface area contributed by atoms with E-state index < -0.39 is 0 Å². The second kappa shape index (κ2) is 14.8. The Morgan fingerprint density at radius 2 is 0.787 bits per heavy atom. The lowest BCUT2D eigenvalue weighted by Crippen LogP contribution is -2.10. The molecule has 0 saturated carbocycles. The van der Waals surface area contributed by atoms with Gasteiger partial charge in [0.15, 0.2) is 0 Å². The highest BCUT2D eigenvalue weighted by atomic mass is 32.1. The number of fused-ring (bicyclic) bond motifs is 7. The summed E-state index contributed by atoms with van der Waals surface area (Å²) < 4.78 is 5.31. The molecule has 0 unspecified atom stereocenters.